The van der Waals surface area contributed by atoms with E-state index in [1.165, 1.54) is 0 Å². The molecule has 0 radical (unpaired) electrons. The summed E-state index contributed by atoms with van der Waals surface area (Å²) in [7, 11) is 0. The largest absolute Gasteiger partial charge is 0.350 e. The third-order valence-corrected chi connectivity index (χ3v) is 4.27. The molecule has 1 atom stereocenters. The SMILES string of the molecule is O=C1NCC(c2ccc(Cl)cc2)Cc2[nH]c(-c3ncc[nH]3)nc21. The average molecular weight is 328 g/mol. The smallest absolute Gasteiger partial charge is 0.271 e. The third-order valence-electron chi connectivity index (χ3n) is 4.02. The van der Waals surface area contributed by atoms with Crippen molar-refractivity contribution < 1.29 is 4.79 Å². The van der Waals surface area contributed by atoms with Gasteiger partial charge in [0.15, 0.2) is 11.6 Å². The molecule has 1 unspecified atom stereocenters. The Bertz CT molecular complexity index is 838. The van der Waals surface area contributed by atoms with Gasteiger partial charge in [-0.1, -0.05) is 23.7 Å². The first-order valence-electron chi connectivity index (χ1n) is 7.33. The molecule has 1 aromatic carbocycles. The molecule has 4 rings (SSSR count). The lowest BCUT2D eigenvalue weighted by molar-refractivity contribution is 0.0950. The molecule has 116 valence electrons. The summed E-state index contributed by atoms with van der Waals surface area (Å²) >= 11 is 5.95. The van der Waals surface area contributed by atoms with Crippen molar-refractivity contribution in [1.29, 1.82) is 0 Å². The van der Waals surface area contributed by atoms with E-state index in [9.17, 15) is 4.79 Å². The zero-order valence-electron chi connectivity index (χ0n) is 12.1. The molecule has 0 saturated heterocycles. The Hall–Kier alpha value is -2.60. The Balaban J connectivity index is 1.69. The van der Waals surface area contributed by atoms with Crippen LogP contribution in [0.4, 0.5) is 0 Å². The van der Waals surface area contributed by atoms with Gasteiger partial charge in [-0.15, -0.1) is 0 Å². The van der Waals surface area contributed by atoms with Gasteiger partial charge in [0.25, 0.3) is 5.91 Å². The van der Waals surface area contributed by atoms with E-state index in [1.807, 2.05) is 24.3 Å². The first-order chi connectivity index (χ1) is 11.2. The minimum Gasteiger partial charge on any atom is -0.350 e. The van der Waals surface area contributed by atoms with Crippen LogP contribution in [-0.4, -0.2) is 32.4 Å². The Labute approximate surface area is 137 Å². The summed E-state index contributed by atoms with van der Waals surface area (Å²) < 4.78 is 0. The van der Waals surface area contributed by atoms with E-state index >= 15 is 0 Å². The number of imidazole rings is 2. The van der Waals surface area contributed by atoms with Crippen molar-refractivity contribution in [2.24, 2.45) is 0 Å². The molecule has 1 aliphatic heterocycles. The van der Waals surface area contributed by atoms with E-state index in [2.05, 4.69) is 25.3 Å². The van der Waals surface area contributed by atoms with Gasteiger partial charge in [0, 0.05) is 35.6 Å². The van der Waals surface area contributed by atoms with Crippen molar-refractivity contribution in [3.8, 4) is 11.6 Å². The second-order valence-corrected chi connectivity index (χ2v) is 5.95. The highest BCUT2D eigenvalue weighted by Gasteiger charge is 2.26. The predicted molar refractivity (Wildman–Crippen MR) is 86.4 cm³/mol. The maximum absolute atomic E-state index is 12.3. The average Bonchev–Trinajstić information content (AvgIpc) is 3.19. The maximum atomic E-state index is 12.3. The van der Waals surface area contributed by atoms with Gasteiger partial charge in [0.1, 0.15) is 5.69 Å². The van der Waals surface area contributed by atoms with E-state index < -0.39 is 0 Å². The minimum atomic E-state index is -0.162. The molecule has 0 fully saturated rings. The number of aromatic amines is 2. The van der Waals surface area contributed by atoms with E-state index in [4.69, 9.17) is 11.6 Å². The molecule has 0 saturated carbocycles. The lowest BCUT2D eigenvalue weighted by atomic mass is 9.94. The number of nitrogens with one attached hydrogen (secondary N) is 3. The number of hydrogen-bond donors (Lipinski definition) is 3. The highest BCUT2D eigenvalue weighted by atomic mass is 35.5. The van der Waals surface area contributed by atoms with E-state index in [-0.39, 0.29) is 11.8 Å². The third kappa shape index (κ3) is 2.61. The highest BCUT2D eigenvalue weighted by Crippen LogP contribution is 2.26. The van der Waals surface area contributed by atoms with Gasteiger partial charge in [0.2, 0.25) is 0 Å². The summed E-state index contributed by atoms with van der Waals surface area (Å²) in [5, 5.41) is 3.64. The minimum absolute atomic E-state index is 0.162. The number of carbonyl (C=O) groups is 1. The van der Waals surface area contributed by atoms with Crippen molar-refractivity contribution in [3.63, 3.8) is 0 Å². The molecule has 0 aliphatic carbocycles. The molecular weight excluding hydrogens is 314 g/mol. The van der Waals surface area contributed by atoms with E-state index in [1.54, 1.807) is 12.4 Å². The summed E-state index contributed by atoms with van der Waals surface area (Å²) in [5.41, 5.74) is 2.40. The first-order valence-corrected chi connectivity index (χ1v) is 7.71. The van der Waals surface area contributed by atoms with Crippen LogP contribution in [0.5, 0.6) is 0 Å². The molecule has 1 amide bonds. The summed E-state index contributed by atoms with van der Waals surface area (Å²) in [4.78, 5) is 27.1. The van der Waals surface area contributed by atoms with Crippen LogP contribution in [-0.2, 0) is 6.42 Å². The van der Waals surface area contributed by atoms with Crippen LogP contribution < -0.4 is 5.32 Å². The number of nitrogens with zero attached hydrogens (tertiary/aromatic N) is 2. The molecule has 7 heteroatoms. The lowest BCUT2D eigenvalue weighted by Crippen LogP contribution is -2.26. The monoisotopic (exact) mass is 327 g/mol. The van der Waals surface area contributed by atoms with Gasteiger partial charge < -0.3 is 15.3 Å². The molecule has 0 bridgehead atoms. The quantitative estimate of drug-likeness (QED) is 0.676. The highest BCUT2D eigenvalue weighted by molar-refractivity contribution is 6.30. The number of halogens is 1. The number of H-pyrrole nitrogens is 2. The van der Waals surface area contributed by atoms with Crippen molar-refractivity contribution in [2.45, 2.75) is 12.3 Å². The zero-order chi connectivity index (χ0) is 15.8. The molecule has 0 spiro atoms. The van der Waals surface area contributed by atoms with Crippen LogP contribution in [0, 0.1) is 0 Å². The normalized spacial score (nSPS) is 17.4. The Morgan fingerprint density at radius 1 is 1.17 bits per heavy atom. The molecule has 3 heterocycles. The second kappa shape index (κ2) is 5.55. The van der Waals surface area contributed by atoms with Crippen molar-refractivity contribution in [2.75, 3.05) is 6.54 Å². The molecule has 6 nitrogen and oxygen atoms in total. The first kappa shape index (κ1) is 14.0. The fourth-order valence-corrected chi connectivity index (χ4v) is 2.97. The topological polar surface area (TPSA) is 86.5 Å². The molecule has 2 aromatic heterocycles. The van der Waals surface area contributed by atoms with Crippen LogP contribution in [0.15, 0.2) is 36.7 Å². The number of rotatable bonds is 2. The number of fused-ring (bicyclic) bond motifs is 1. The van der Waals surface area contributed by atoms with Crippen LogP contribution in [0.2, 0.25) is 5.02 Å². The van der Waals surface area contributed by atoms with Gasteiger partial charge in [-0.2, -0.15) is 0 Å². The van der Waals surface area contributed by atoms with E-state index in [0.29, 0.717) is 35.3 Å². The van der Waals surface area contributed by atoms with Crippen LogP contribution >= 0.6 is 11.6 Å². The summed E-state index contributed by atoms with van der Waals surface area (Å²) in [6.45, 7) is 0.570. The fraction of sp³-hybridized carbons (Fsp3) is 0.188. The van der Waals surface area contributed by atoms with Gasteiger partial charge in [-0.3, -0.25) is 4.79 Å². The number of aromatic nitrogens is 4. The lowest BCUT2D eigenvalue weighted by Gasteiger charge is -2.14. The Kier molecular flexibility index (Phi) is 3.38. The maximum Gasteiger partial charge on any atom is 0.271 e. The zero-order valence-corrected chi connectivity index (χ0v) is 12.9. The van der Waals surface area contributed by atoms with Gasteiger partial charge >= 0.3 is 0 Å². The van der Waals surface area contributed by atoms with Crippen molar-refractivity contribution >= 4 is 17.5 Å². The Morgan fingerprint density at radius 2 is 2.00 bits per heavy atom. The van der Waals surface area contributed by atoms with Crippen LogP contribution in [0.3, 0.4) is 0 Å². The standard InChI is InChI=1S/C16H14ClN5O/c17-11-3-1-9(2-4-11)10-7-12-13(16(23)20-8-10)22-15(21-12)14-18-5-6-19-14/h1-6,10H,7-8H2,(H,18,19)(H,20,23)(H,21,22). The molecule has 23 heavy (non-hydrogen) atoms. The van der Waals surface area contributed by atoms with Gasteiger partial charge in [0.05, 0.1) is 0 Å². The Morgan fingerprint density at radius 3 is 2.74 bits per heavy atom. The molecule has 1 aliphatic rings. The molecule has 3 aromatic rings. The van der Waals surface area contributed by atoms with Crippen LogP contribution in [0.25, 0.3) is 11.6 Å². The number of benzene rings is 1. The van der Waals surface area contributed by atoms with E-state index in [0.717, 1.165) is 11.3 Å². The predicted octanol–water partition coefficient (Wildman–Crippen LogP) is 2.52. The summed E-state index contributed by atoms with van der Waals surface area (Å²) in [6, 6.07) is 7.72. The second-order valence-electron chi connectivity index (χ2n) is 5.51. The van der Waals surface area contributed by atoms with Crippen LogP contribution in [0.1, 0.15) is 27.7 Å². The number of carbonyl (C=O) groups excluding carboxylic acids is 1. The van der Waals surface area contributed by atoms with Gasteiger partial charge in [-0.25, -0.2) is 9.97 Å². The number of amides is 1. The van der Waals surface area contributed by atoms with Gasteiger partial charge in [-0.05, 0) is 24.1 Å². The number of hydrogen-bond acceptors (Lipinski definition) is 3. The summed E-state index contributed by atoms with van der Waals surface area (Å²) in [6.07, 6.45) is 4.07. The molecular formula is C16H14ClN5O. The van der Waals surface area contributed by atoms with Crippen molar-refractivity contribution in [1.82, 2.24) is 25.3 Å². The fourth-order valence-electron chi connectivity index (χ4n) is 2.84. The van der Waals surface area contributed by atoms with Crippen molar-refractivity contribution in [3.05, 3.63) is 58.6 Å². The molecule has 3 N–H and O–H groups in total. The summed E-state index contributed by atoms with van der Waals surface area (Å²) in [5.74, 6) is 1.20.